The van der Waals surface area contributed by atoms with Crippen molar-refractivity contribution in [2.75, 3.05) is 32.3 Å². The number of carbonyl (C=O) groups is 2. The Balaban J connectivity index is 1.76. The fourth-order valence-electron chi connectivity index (χ4n) is 5.14. The fourth-order valence-corrected chi connectivity index (χ4v) is 6.19. The van der Waals surface area contributed by atoms with E-state index in [2.05, 4.69) is 28.2 Å². The van der Waals surface area contributed by atoms with Crippen LogP contribution in [-0.4, -0.2) is 44.1 Å². The summed E-state index contributed by atoms with van der Waals surface area (Å²) in [5, 5.41) is 3.41. The lowest BCUT2D eigenvalue weighted by molar-refractivity contribution is -0.138. The number of para-hydroxylation sites is 1. The van der Waals surface area contributed by atoms with Crippen molar-refractivity contribution in [2.45, 2.75) is 38.5 Å². The molecule has 0 spiro atoms. The number of methoxy groups -OCH3 is 2. The van der Waals surface area contributed by atoms with Crippen molar-refractivity contribution in [1.82, 2.24) is 5.32 Å². The minimum Gasteiger partial charge on any atom is -0.496 e. The van der Waals surface area contributed by atoms with Crippen LogP contribution >= 0.6 is 27.7 Å². The predicted molar refractivity (Wildman–Crippen MR) is 150 cm³/mol. The summed E-state index contributed by atoms with van der Waals surface area (Å²) in [5.41, 5.74) is 4.50. The average molecular weight is 587 g/mol. The Kier molecular flexibility index (Phi) is 9.03. The molecule has 0 bridgehead atoms. The van der Waals surface area contributed by atoms with E-state index in [1.807, 2.05) is 49.4 Å². The third-order valence-corrected chi connectivity index (χ3v) is 8.28. The predicted octanol–water partition coefficient (Wildman–Crippen LogP) is 6.12. The summed E-state index contributed by atoms with van der Waals surface area (Å²) in [4.78, 5) is 27.2. The Morgan fingerprint density at radius 1 is 1.11 bits per heavy atom. The zero-order chi connectivity index (χ0) is 26.5. The first-order valence-electron chi connectivity index (χ1n) is 12.3. The number of carbonyl (C=O) groups excluding carboxylic acids is 2. The minimum absolute atomic E-state index is 0.0148. The summed E-state index contributed by atoms with van der Waals surface area (Å²) in [6, 6.07) is 13.5. The van der Waals surface area contributed by atoms with E-state index in [9.17, 15) is 9.59 Å². The summed E-state index contributed by atoms with van der Waals surface area (Å²) in [6.45, 7) is 4.27. The molecule has 0 fully saturated rings. The summed E-state index contributed by atoms with van der Waals surface area (Å²) in [6.07, 6.45) is 0.977. The highest BCUT2D eigenvalue weighted by Gasteiger charge is 2.42. The second-order valence-corrected chi connectivity index (χ2v) is 11.2. The van der Waals surface area contributed by atoms with Gasteiger partial charge in [0.2, 0.25) is 0 Å². The number of halogens is 1. The number of hydrogen-bond donors (Lipinski definition) is 1. The number of ether oxygens (including phenoxy) is 3. The van der Waals surface area contributed by atoms with Crippen molar-refractivity contribution >= 4 is 39.4 Å². The van der Waals surface area contributed by atoms with Crippen LogP contribution in [0.2, 0.25) is 0 Å². The number of thioether (sulfide) groups is 1. The number of benzene rings is 2. The number of allylic oxidation sites excluding steroid dienone is 3. The molecule has 1 aliphatic carbocycles. The summed E-state index contributed by atoms with van der Waals surface area (Å²) < 4.78 is 17.4. The van der Waals surface area contributed by atoms with Gasteiger partial charge in [-0.05, 0) is 64.4 Å². The van der Waals surface area contributed by atoms with Crippen LogP contribution in [0.25, 0.3) is 0 Å². The number of Topliss-reactive ketones (excluding diaryl/α,β-unsaturated/α-hetero) is 1. The second kappa shape index (κ2) is 12.2. The molecule has 0 amide bonds. The van der Waals surface area contributed by atoms with Gasteiger partial charge in [-0.15, -0.1) is 0 Å². The van der Waals surface area contributed by atoms with Gasteiger partial charge in [0.15, 0.2) is 5.78 Å². The molecule has 0 saturated heterocycles. The first kappa shape index (κ1) is 27.3. The monoisotopic (exact) mass is 585 g/mol. The van der Waals surface area contributed by atoms with E-state index in [-0.39, 0.29) is 11.7 Å². The number of ketones is 1. The quantitative estimate of drug-likeness (QED) is 0.280. The van der Waals surface area contributed by atoms with Gasteiger partial charge in [0, 0.05) is 41.0 Å². The molecule has 1 N–H and O–H groups in total. The third-order valence-electron chi connectivity index (χ3n) is 6.80. The SMILES string of the molecule is CCSCCOC(=O)C1=C(C)NC2=C(C(=O)C[C@H](c3ccccc3OC)C2)[C@H]1c1ccc(OC)c(Br)c1. The highest BCUT2D eigenvalue weighted by molar-refractivity contribution is 9.10. The van der Waals surface area contributed by atoms with Gasteiger partial charge >= 0.3 is 5.97 Å². The van der Waals surface area contributed by atoms with Crippen molar-refractivity contribution in [1.29, 1.82) is 0 Å². The molecule has 37 heavy (non-hydrogen) atoms. The molecule has 0 aromatic heterocycles. The highest BCUT2D eigenvalue weighted by atomic mass is 79.9. The third kappa shape index (κ3) is 5.75. The van der Waals surface area contributed by atoms with E-state index >= 15 is 0 Å². The van der Waals surface area contributed by atoms with Gasteiger partial charge < -0.3 is 19.5 Å². The maximum atomic E-state index is 13.8. The molecule has 2 aromatic rings. The first-order chi connectivity index (χ1) is 17.9. The Labute approximate surface area is 231 Å². The topological polar surface area (TPSA) is 73.9 Å². The normalized spacial score (nSPS) is 19.3. The maximum Gasteiger partial charge on any atom is 0.336 e. The molecule has 196 valence electrons. The van der Waals surface area contributed by atoms with E-state index in [1.54, 1.807) is 26.0 Å². The molecule has 8 heteroatoms. The van der Waals surface area contributed by atoms with E-state index in [0.29, 0.717) is 42.0 Å². The highest BCUT2D eigenvalue weighted by Crippen LogP contribution is 2.47. The largest absolute Gasteiger partial charge is 0.496 e. The molecule has 6 nitrogen and oxygen atoms in total. The number of nitrogens with one attached hydrogen (secondary N) is 1. The number of hydrogen-bond acceptors (Lipinski definition) is 7. The molecule has 4 rings (SSSR count). The van der Waals surface area contributed by atoms with Gasteiger partial charge in [-0.1, -0.05) is 31.2 Å². The Morgan fingerprint density at radius 3 is 2.57 bits per heavy atom. The van der Waals surface area contributed by atoms with Crippen molar-refractivity contribution < 1.29 is 23.8 Å². The van der Waals surface area contributed by atoms with Crippen LogP contribution in [0.4, 0.5) is 0 Å². The van der Waals surface area contributed by atoms with Gasteiger partial charge in [-0.2, -0.15) is 11.8 Å². The molecule has 2 aromatic carbocycles. The van der Waals surface area contributed by atoms with Crippen molar-refractivity contribution in [3.05, 3.63) is 80.6 Å². The molecule has 1 heterocycles. The van der Waals surface area contributed by atoms with Crippen LogP contribution in [0, 0.1) is 0 Å². The molecule has 1 aliphatic heterocycles. The molecule has 2 aliphatic rings. The Bertz CT molecular complexity index is 1250. The maximum absolute atomic E-state index is 13.8. The molecular formula is C29H32BrNO5S. The van der Waals surface area contributed by atoms with E-state index in [1.165, 1.54) is 0 Å². The summed E-state index contributed by atoms with van der Waals surface area (Å²) in [5.74, 6) is 2.21. The standard InChI is InChI=1S/C29H32BrNO5S/c1-5-37-13-12-36-29(33)26-17(2)31-22-15-19(20-8-6-7-9-24(20)34-3)16-23(32)28(22)27(26)18-10-11-25(35-4)21(30)14-18/h6-11,14,19,27,31H,5,12-13,15-16H2,1-4H3/t19-,27+/m1/s1. The van der Waals surface area contributed by atoms with Crippen LogP contribution < -0.4 is 14.8 Å². The zero-order valence-electron chi connectivity index (χ0n) is 21.6. The lowest BCUT2D eigenvalue weighted by atomic mass is 9.71. The van der Waals surface area contributed by atoms with Crippen molar-refractivity contribution in [3.8, 4) is 11.5 Å². The van der Waals surface area contributed by atoms with Gasteiger partial charge in [-0.25, -0.2) is 4.79 Å². The van der Waals surface area contributed by atoms with Gasteiger partial charge in [-0.3, -0.25) is 4.79 Å². The lowest BCUT2D eigenvalue weighted by Crippen LogP contribution is -2.36. The molecule has 2 atom stereocenters. The van der Waals surface area contributed by atoms with Crippen molar-refractivity contribution in [3.63, 3.8) is 0 Å². The minimum atomic E-state index is -0.532. The van der Waals surface area contributed by atoms with Crippen LogP contribution in [0.15, 0.2) is 69.5 Å². The number of dihydropyridines is 1. The van der Waals surface area contributed by atoms with Gasteiger partial charge in [0.05, 0.1) is 24.3 Å². The van der Waals surface area contributed by atoms with Crippen LogP contribution in [0.3, 0.4) is 0 Å². The Hall–Kier alpha value is -2.71. The van der Waals surface area contributed by atoms with E-state index in [4.69, 9.17) is 14.2 Å². The van der Waals surface area contributed by atoms with E-state index < -0.39 is 11.9 Å². The van der Waals surface area contributed by atoms with Crippen LogP contribution in [0.1, 0.15) is 49.7 Å². The first-order valence-corrected chi connectivity index (χ1v) is 14.3. The number of esters is 1. The second-order valence-electron chi connectivity index (χ2n) is 8.99. The van der Waals surface area contributed by atoms with Crippen LogP contribution in [0.5, 0.6) is 11.5 Å². The summed E-state index contributed by atoms with van der Waals surface area (Å²) in [7, 11) is 3.25. The Morgan fingerprint density at radius 2 is 1.86 bits per heavy atom. The fraction of sp³-hybridized carbons (Fsp3) is 0.379. The van der Waals surface area contributed by atoms with E-state index in [0.717, 1.165) is 38.6 Å². The molecule has 0 radical (unpaired) electrons. The number of rotatable bonds is 9. The molecule has 0 saturated carbocycles. The smallest absolute Gasteiger partial charge is 0.336 e. The van der Waals surface area contributed by atoms with Crippen LogP contribution in [-0.2, 0) is 14.3 Å². The molecular weight excluding hydrogens is 554 g/mol. The average Bonchev–Trinajstić information content (AvgIpc) is 2.90. The van der Waals surface area contributed by atoms with Gasteiger partial charge in [0.25, 0.3) is 0 Å². The lowest BCUT2D eigenvalue weighted by Gasteiger charge is -2.37. The summed E-state index contributed by atoms with van der Waals surface area (Å²) >= 11 is 5.29. The molecule has 0 unspecified atom stereocenters. The van der Waals surface area contributed by atoms with Gasteiger partial charge in [0.1, 0.15) is 18.1 Å². The zero-order valence-corrected chi connectivity index (χ0v) is 24.0. The van der Waals surface area contributed by atoms with Crippen molar-refractivity contribution in [2.24, 2.45) is 0 Å².